The number of rotatable bonds is 5. The van der Waals surface area contributed by atoms with Gasteiger partial charge in [0.1, 0.15) is 11.5 Å². The summed E-state index contributed by atoms with van der Waals surface area (Å²) in [6.45, 7) is 4.23. The number of hydrogen-bond donors (Lipinski definition) is 1. The van der Waals surface area contributed by atoms with Gasteiger partial charge in [-0.15, -0.1) is 11.3 Å². The van der Waals surface area contributed by atoms with Gasteiger partial charge in [0.05, 0.1) is 5.69 Å². The zero-order valence-electron chi connectivity index (χ0n) is 15.3. The summed E-state index contributed by atoms with van der Waals surface area (Å²) in [6.07, 6.45) is 0. The topological polar surface area (TPSA) is 34.1 Å². The maximum Gasteiger partial charge on any atom is 0.187 e. The first-order valence-corrected chi connectivity index (χ1v) is 9.68. The van der Waals surface area contributed by atoms with Crippen LogP contribution in [-0.2, 0) is 0 Å². The lowest BCUT2D eigenvalue weighted by Crippen LogP contribution is -1.91. The minimum atomic E-state index is 0.807. The highest BCUT2D eigenvalue weighted by molar-refractivity contribution is 7.14. The van der Waals surface area contributed by atoms with Gasteiger partial charge in [-0.25, -0.2) is 4.98 Å². The normalized spacial score (nSPS) is 10.6. The lowest BCUT2D eigenvalue weighted by Gasteiger charge is -2.07. The van der Waals surface area contributed by atoms with Gasteiger partial charge in [-0.1, -0.05) is 42.0 Å². The van der Waals surface area contributed by atoms with Crippen molar-refractivity contribution >= 4 is 22.2 Å². The molecule has 0 amide bonds. The van der Waals surface area contributed by atoms with Crippen LogP contribution in [0.4, 0.5) is 10.8 Å². The molecule has 0 fully saturated rings. The second-order valence-electron chi connectivity index (χ2n) is 6.42. The van der Waals surface area contributed by atoms with Gasteiger partial charge in [0, 0.05) is 16.6 Å². The molecule has 0 radical (unpaired) electrons. The van der Waals surface area contributed by atoms with Crippen molar-refractivity contribution < 1.29 is 4.74 Å². The van der Waals surface area contributed by atoms with Crippen LogP contribution in [-0.4, -0.2) is 4.98 Å². The van der Waals surface area contributed by atoms with E-state index in [1.54, 1.807) is 11.3 Å². The Labute approximate surface area is 163 Å². The number of nitrogens with one attached hydrogen (secondary N) is 1. The second kappa shape index (κ2) is 7.64. The van der Waals surface area contributed by atoms with E-state index in [0.29, 0.717) is 0 Å². The van der Waals surface area contributed by atoms with Gasteiger partial charge in [-0.3, -0.25) is 0 Å². The van der Waals surface area contributed by atoms with Crippen LogP contribution in [0.3, 0.4) is 0 Å². The monoisotopic (exact) mass is 372 g/mol. The first kappa shape index (κ1) is 17.3. The minimum Gasteiger partial charge on any atom is -0.457 e. The smallest absolute Gasteiger partial charge is 0.187 e. The average molecular weight is 372 g/mol. The van der Waals surface area contributed by atoms with E-state index in [1.165, 1.54) is 16.7 Å². The van der Waals surface area contributed by atoms with Crippen molar-refractivity contribution in [3.05, 3.63) is 89.3 Å². The van der Waals surface area contributed by atoms with Gasteiger partial charge in [0.25, 0.3) is 0 Å². The lowest BCUT2D eigenvalue weighted by atomic mass is 10.0. The third-order valence-corrected chi connectivity index (χ3v) is 5.00. The molecule has 0 unspecified atom stereocenters. The fourth-order valence-corrected chi connectivity index (χ4v) is 3.64. The number of aromatic nitrogens is 1. The summed E-state index contributed by atoms with van der Waals surface area (Å²) in [4.78, 5) is 4.73. The molecule has 1 heterocycles. The van der Waals surface area contributed by atoms with Crippen molar-refractivity contribution in [1.82, 2.24) is 4.98 Å². The van der Waals surface area contributed by atoms with Gasteiger partial charge in [0.2, 0.25) is 0 Å². The first-order chi connectivity index (χ1) is 13.2. The molecular weight excluding hydrogens is 352 g/mol. The summed E-state index contributed by atoms with van der Waals surface area (Å²) in [6, 6.07) is 24.1. The molecule has 0 saturated heterocycles. The molecule has 0 aliphatic heterocycles. The van der Waals surface area contributed by atoms with Crippen molar-refractivity contribution in [3.8, 4) is 22.8 Å². The number of benzene rings is 3. The predicted molar refractivity (Wildman–Crippen MR) is 113 cm³/mol. The molecule has 0 bridgehead atoms. The molecule has 1 N–H and O–H groups in total. The zero-order chi connectivity index (χ0) is 18.6. The largest absolute Gasteiger partial charge is 0.457 e. The second-order valence-corrected chi connectivity index (χ2v) is 7.28. The maximum absolute atomic E-state index is 5.83. The van der Waals surface area contributed by atoms with E-state index in [2.05, 4.69) is 42.7 Å². The van der Waals surface area contributed by atoms with Crippen molar-refractivity contribution in [3.63, 3.8) is 0 Å². The Kier molecular flexibility index (Phi) is 4.90. The third-order valence-electron chi connectivity index (χ3n) is 4.25. The van der Waals surface area contributed by atoms with Gasteiger partial charge < -0.3 is 10.1 Å². The summed E-state index contributed by atoms with van der Waals surface area (Å²) < 4.78 is 5.83. The zero-order valence-corrected chi connectivity index (χ0v) is 16.1. The number of anilines is 2. The summed E-state index contributed by atoms with van der Waals surface area (Å²) in [7, 11) is 0. The molecule has 0 atom stereocenters. The third kappa shape index (κ3) is 4.18. The van der Waals surface area contributed by atoms with Crippen LogP contribution in [0.15, 0.2) is 78.2 Å². The van der Waals surface area contributed by atoms with Crippen LogP contribution in [0, 0.1) is 13.8 Å². The average Bonchev–Trinajstić information content (AvgIpc) is 3.12. The SMILES string of the molecule is Cc1ccc(-c2csc(Nc3ccc(Oc4ccccc4)cc3)n2)c(C)c1. The van der Waals surface area contributed by atoms with Gasteiger partial charge in [-0.2, -0.15) is 0 Å². The number of nitrogens with zero attached hydrogens (tertiary/aromatic N) is 1. The van der Waals surface area contributed by atoms with E-state index in [-0.39, 0.29) is 0 Å². The Morgan fingerprint density at radius 2 is 1.59 bits per heavy atom. The molecule has 4 rings (SSSR count). The molecular formula is C23H20N2OS. The van der Waals surface area contributed by atoms with Crippen LogP contribution >= 0.6 is 11.3 Å². The molecule has 4 aromatic rings. The summed E-state index contributed by atoms with van der Waals surface area (Å²) in [5.41, 5.74) is 5.68. The van der Waals surface area contributed by atoms with E-state index in [4.69, 9.17) is 9.72 Å². The van der Waals surface area contributed by atoms with Crippen molar-refractivity contribution in [2.45, 2.75) is 13.8 Å². The van der Waals surface area contributed by atoms with Crippen LogP contribution < -0.4 is 10.1 Å². The molecule has 0 saturated carbocycles. The van der Waals surface area contributed by atoms with Gasteiger partial charge in [0.15, 0.2) is 5.13 Å². The van der Waals surface area contributed by atoms with E-state index in [0.717, 1.165) is 28.0 Å². The fraction of sp³-hybridized carbons (Fsp3) is 0.0870. The first-order valence-electron chi connectivity index (χ1n) is 8.80. The predicted octanol–water partition coefficient (Wildman–Crippen LogP) is 6.96. The highest BCUT2D eigenvalue weighted by Crippen LogP contribution is 2.30. The molecule has 0 aliphatic carbocycles. The van der Waals surface area contributed by atoms with E-state index in [9.17, 15) is 0 Å². The summed E-state index contributed by atoms with van der Waals surface area (Å²) >= 11 is 1.61. The molecule has 4 heteroatoms. The van der Waals surface area contributed by atoms with Crippen LogP contribution in [0.1, 0.15) is 11.1 Å². The Bertz CT molecular complexity index is 1040. The van der Waals surface area contributed by atoms with E-state index >= 15 is 0 Å². The van der Waals surface area contributed by atoms with Crippen molar-refractivity contribution in [2.75, 3.05) is 5.32 Å². The molecule has 3 nitrogen and oxygen atoms in total. The Balaban J connectivity index is 1.46. The Hall–Kier alpha value is -3.11. The number of thiazole rings is 1. The quantitative estimate of drug-likeness (QED) is 0.411. The number of para-hydroxylation sites is 1. The summed E-state index contributed by atoms with van der Waals surface area (Å²) in [5.74, 6) is 1.64. The van der Waals surface area contributed by atoms with Crippen LogP contribution in [0.25, 0.3) is 11.3 Å². The highest BCUT2D eigenvalue weighted by Gasteiger charge is 2.08. The molecule has 3 aromatic carbocycles. The number of ether oxygens (including phenoxy) is 1. The highest BCUT2D eigenvalue weighted by atomic mass is 32.1. The van der Waals surface area contributed by atoms with E-state index in [1.807, 2.05) is 54.6 Å². The summed E-state index contributed by atoms with van der Waals surface area (Å²) in [5, 5.41) is 6.33. The van der Waals surface area contributed by atoms with Crippen LogP contribution in [0.2, 0.25) is 0 Å². The minimum absolute atomic E-state index is 0.807. The van der Waals surface area contributed by atoms with Crippen molar-refractivity contribution in [2.24, 2.45) is 0 Å². The number of hydrogen-bond acceptors (Lipinski definition) is 4. The Morgan fingerprint density at radius 1 is 0.852 bits per heavy atom. The van der Waals surface area contributed by atoms with E-state index < -0.39 is 0 Å². The van der Waals surface area contributed by atoms with Gasteiger partial charge in [-0.05, 0) is 55.8 Å². The lowest BCUT2D eigenvalue weighted by molar-refractivity contribution is 0.483. The van der Waals surface area contributed by atoms with Gasteiger partial charge >= 0.3 is 0 Å². The Morgan fingerprint density at radius 3 is 2.33 bits per heavy atom. The van der Waals surface area contributed by atoms with Crippen LogP contribution in [0.5, 0.6) is 11.5 Å². The molecule has 27 heavy (non-hydrogen) atoms. The molecule has 1 aromatic heterocycles. The molecule has 134 valence electrons. The molecule has 0 aliphatic rings. The van der Waals surface area contributed by atoms with Crippen molar-refractivity contribution in [1.29, 1.82) is 0 Å². The standard InChI is InChI=1S/C23H20N2OS/c1-16-8-13-21(17(2)14-16)22-15-27-23(25-22)24-18-9-11-20(12-10-18)26-19-6-4-3-5-7-19/h3-15H,1-2H3,(H,24,25). The fourth-order valence-electron chi connectivity index (χ4n) is 2.91. The number of aryl methyl sites for hydroxylation is 2. The molecule has 0 spiro atoms. The maximum atomic E-state index is 5.83.